The lowest BCUT2D eigenvalue weighted by Gasteiger charge is -2.20. The summed E-state index contributed by atoms with van der Waals surface area (Å²) in [6, 6.07) is 8.93. The molecule has 0 heterocycles. The van der Waals surface area contributed by atoms with Gasteiger partial charge < -0.3 is 20.1 Å². The van der Waals surface area contributed by atoms with Crippen molar-refractivity contribution in [2.75, 3.05) is 33.8 Å². The molecule has 0 bridgehead atoms. The highest BCUT2D eigenvalue weighted by atomic mass is 16.5. The van der Waals surface area contributed by atoms with Crippen molar-refractivity contribution in [1.29, 1.82) is 5.26 Å². The van der Waals surface area contributed by atoms with Crippen LogP contribution in [0.2, 0.25) is 0 Å². The molecular weight excluding hydrogens is 270 g/mol. The van der Waals surface area contributed by atoms with E-state index < -0.39 is 6.10 Å². The number of nitrogens with zero attached hydrogens (tertiary/aromatic N) is 2. The number of hydrogen-bond acceptors (Lipinski definition) is 5. The fourth-order valence-corrected chi connectivity index (χ4v) is 1.79. The number of aliphatic hydroxyl groups excluding tert-OH is 1. The highest BCUT2D eigenvalue weighted by molar-refractivity contribution is 5.75. The largest absolute Gasteiger partial charge is 0.489 e. The van der Waals surface area contributed by atoms with Crippen LogP contribution in [0.25, 0.3) is 0 Å². The first-order valence-electron chi connectivity index (χ1n) is 6.76. The zero-order valence-electron chi connectivity index (χ0n) is 12.4. The summed E-state index contributed by atoms with van der Waals surface area (Å²) < 4.78 is 5.46. The maximum Gasteiger partial charge on any atom is 0.221 e. The Morgan fingerprint density at radius 2 is 2.24 bits per heavy atom. The third kappa shape index (κ3) is 6.25. The predicted molar refractivity (Wildman–Crippen MR) is 78.8 cm³/mol. The summed E-state index contributed by atoms with van der Waals surface area (Å²) in [5.41, 5.74) is 0.442. The van der Waals surface area contributed by atoms with Crippen LogP contribution in [0.1, 0.15) is 12.0 Å². The Balaban J connectivity index is 2.35. The molecule has 0 saturated carbocycles. The Kier molecular flexibility index (Phi) is 7.23. The van der Waals surface area contributed by atoms with Gasteiger partial charge in [-0.05, 0) is 19.2 Å². The van der Waals surface area contributed by atoms with Crippen LogP contribution in [0.3, 0.4) is 0 Å². The Labute approximate surface area is 124 Å². The van der Waals surface area contributed by atoms with Gasteiger partial charge in [0.25, 0.3) is 0 Å². The fourth-order valence-electron chi connectivity index (χ4n) is 1.79. The molecule has 0 radical (unpaired) electrons. The SMILES string of the molecule is CNC(=O)CCN(C)CC(O)COc1ccccc1C#N. The summed E-state index contributed by atoms with van der Waals surface area (Å²) in [6.07, 6.45) is -0.302. The number of amides is 1. The summed E-state index contributed by atoms with van der Waals surface area (Å²) in [4.78, 5) is 13.0. The minimum atomic E-state index is -0.688. The number of rotatable bonds is 8. The van der Waals surface area contributed by atoms with Gasteiger partial charge in [0.2, 0.25) is 5.91 Å². The average molecular weight is 291 g/mol. The number of ether oxygens (including phenoxy) is 1. The van der Waals surface area contributed by atoms with Crippen molar-refractivity contribution in [3.8, 4) is 11.8 Å². The molecule has 0 saturated heterocycles. The van der Waals surface area contributed by atoms with Gasteiger partial charge in [0.1, 0.15) is 24.5 Å². The molecular formula is C15H21N3O3. The van der Waals surface area contributed by atoms with Crippen molar-refractivity contribution in [3.05, 3.63) is 29.8 Å². The molecule has 1 aromatic carbocycles. The number of aliphatic hydroxyl groups is 1. The second kappa shape index (κ2) is 8.95. The van der Waals surface area contributed by atoms with E-state index >= 15 is 0 Å². The number of likely N-dealkylation sites (N-methyl/N-ethyl adjacent to an activating group) is 1. The molecule has 1 rings (SSSR count). The molecule has 0 spiro atoms. The molecule has 1 atom stereocenters. The molecule has 6 heteroatoms. The van der Waals surface area contributed by atoms with Crippen molar-refractivity contribution in [1.82, 2.24) is 10.2 Å². The van der Waals surface area contributed by atoms with E-state index in [9.17, 15) is 9.90 Å². The lowest BCUT2D eigenvalue weighted by molar-refractivity contribution is -0.120. The van der Waals surface area contributed by atoms with E-state index in [0.717, 1.165) is 0 Å². The van der Waals surface area contributed by atoms with E-state index in [1.54, 1.807) is 31.3 Å². The van der Waals surface area contributed by atoms with Crippen LogP contribution >= 0.6 is 0 Å². The van der Waals surface area contributed by atoms with Crippen molar-refractivity contribution in [2.24, 2.45) is 0 Å². The van der Waals surface area contributed by atoms with E-state index in [2.05, 4.69) is 5.32 Å². The van der Waals surface area contributed by atoms with Gasteiger partial charge in [-0.2, -0.15) is 5.26 Å². The zero-order valence-corrected chi connectivity index (χ0v) is 12.4. The molecule has 6 nitrogen and oxygen atoms in total. The Morgan fingerprint density at radius 1 is 1.52 bits per heavy atom. The second-order valence-electron chi connectivity index (χ2n) is 4.76. The number of carbonyl (C=O) groups is 1. The monoisotopic (exact) mass is 291 g/mol. The summed E-state index contributed by atoms with van der Waals surface area (Å²) in [7, 11) is 3.42. The summed E-state index contributed by atoms with van der Waals surface area (Å²) in [5.74, 6) is 0.433. The molecule has 1 aromatic rings. The molecule has 1 amide bonds. The van der Waals surface area contributed by atoms with Gasteiger partial charge in [0.05, 0.1) is 5.56 Å². The molecule has 1 unspecified atom stereocenters. The minimum absolute atomic E-state index is 0.0319. The first-order chi connectivity index (χ1) is 10.1. The lowest BCUT2D eigenvalue weighted by Crippen LogP contribution is -2.35. The predicted octanol–water partition coefficient (Wildman–Crippen LogP) is 0.366. The van der Waals surface area contributed by atoms with Crippen molar-refractivity contribution in [2.45, 2.75) is 12.5 Å². The number of benzene rings is 1. The number of nitrogens with one attached hydrogen (secondary N) is 1. The van der Waals surface area contributed by atoms with Gasteiger partial charge in [-0.3, -0.25) is 4.79 Å². The third-order valence-corrected chi connectivity index (χ3v) is 2.96. The smallest absolute Gasteiger partial charge is 0.221 e. The Bertz CT molecular complexity index is 499. The van der Waals surface area contributed by atoms with Crippen LogP contribution in [0, 0.1) is 11.3 Å². The van der Waals surface area contributed by atoms with Gasteiger partial charge in [0.15, 0.2) is 0 Å². The zero-order chi connectivity index (χ0) is 15.7. The molecule has 2 N–H and O–H groups in total. The molecule has 0 fully saturated rings. The normalized spacial score (nSPS) is 11.8. The van der Waals surface area contributed by atoms with Crippen LogP contribution < -0.4 is 10.1 Å². The minimum Gasteiger partial charge on any atom is -0.489 e. The maximum atomic E-state index is 11.1. The molecule has 0 aliphatic rings. The van der Waals surface area contributed by atoms with Crippen LogP contribution in [0.4, 0.5) is 0 Å². The number of para-hydroxylation sites is 1. The number of hydrogen-bond donors (Lipinski definition) is 2. The van der Waals surface area contributed by atoms with Crippen molar-refractivity contribution < 1.29 is 14.6 Å². The van der Waals surface area contributed by atoms with E-state index in [0.29, 0.717) is 30.8 Å². The quantitative estimate of drug-likeness (QED) is 0.722. The number of nitriles is 1. The summed E-state index contributed by atoms with van der Waals surface area (Å²) >= 11 is 0. The summed E-state index contributed by atoms with van der Waals surface area (Å²) in [6.45, 7) is 1.06. The fraction of sp³-hybridized carbons (Fsp3) is 0.467. The molecule has 0 aliphatic heterocycles. The van der Waals surface area contributed by atoms with Gasteiger partial charge in [-0.1, -0.05) is 12.1 Å². The lowest BCUT2D eigenvalue weighted by atomic mass is 10.2. The van der Waals surface area contributed by atoms with Crippen LogP contribution in [0.5, 0.6) is 5.75 Å². The van der Waals surface area contributed by atoms with E-state index in [-0.39, 0.29) is 12.5 Å². The van der Waals surface area contributed by atoms with Gasteiger partial charge in [-0.15, -0.1) is 0 Å². The first-order valence-corrected chi connectivity index (χ1v) is 6.76. The standard InChI is InChI=1S/C15H21N3O3/c1-17-15(20)7-8-18(2)10-13(19)11-21-14-6-4-3-5-12(14)9-16/h3-6,13,19H,7-8,10-11H2,1-2H3,(H,17,20). The molecule has 21 heavy (non-hydrogen) atoms. The van der Waals surface area contributed by atoms with Crippen molar-refractivity contribution in [3.63, 3.8) is 0 Å². The van der Waals surface area contributed by atoms with E-state index in [1.165, 1.54) is 0 Å². The molecule has 0 aliphatic carbocycles. The van der Waals surface area contributed by atoms with Gasteiger partial charge >= 0.3 is 0 Å². The van der Waals surface area contributed by atoms with Crippen LogP contribution in [-0.4, -0.2) is 55.8 Å². The van der Waals surface area contributed by atoms with Gasteiger partial charge in [-0.25, -0.2) is 0 Å². The molecule has 114 valence electrons. The van der Waals surface area contributed by atoms with E-state index in [1.807, 2.05) is 18.0 Å². The number of carbonyl (C=O) groups excluding carboxylic acids is 1. The first kappa shape index (κ1) is 17.0. The highest BCUT2D eigenvalue weighted by Gasteiger charge is 2.11. The highest BCUT2D eigenvalue weighted by Crippen LogP contribution is 2.16. The topological polar surface area (TPSA) is 85.6 Å². The molecule has 0 aromatic heterocycles. The third-order valence-electron chi connectivity index (χ3n) is 2.96. The van der Waals surface area contributed by atoms with Crippen LogP contribution in [0.15, 0.2) is 24.3 Å². The average Bonchev–Trinajstić information content (AvgIpc) is 2.50. The van der Waals surface area contributed by atoms with Crippen LogP contribution in [-0.2, 0) is 4.79 Å². The summed E-state index contributed by atoms with van der Waals surface area (Å²) in [5, 5.41) is 21.4. The maximum absolute atomic E-state index is 11.1. The second-order valence-corrected chi connectivity index (χ2v) is 4.76. The van der Waals surface area contributed by atoms with Gasteiger partial charge in [0, 0.05) is 26.6 Å². The Hall–Kier alpha value is -2.10. The van der Waals surface area contributed by atoms with E-state index in [4.69, 9.17) is 10.00 Å². The van der Waals surface area contributed by atoms with Crippen molar-refractivity contribution >= 4 is 5.91 Å². The Morgan fingerprint density at radius 3 is 2.90 bits per heavy atom.